The Morgan fingerprint density at radius 1 is 1.35 bits per heavy atom. The normalized spacial score (nSPS) is 22.1. The summed E-state index contributed by atoms with van der Waals surface area (Å²) in [5, 5.41) is 16.0. The number of halogens is 1. The third-order valence-corrected chi connectivity index (χ3v) is 3.80. The van der Waals surface area contributed by atoms with Crippen molar-refractivity contribution in [3.63, 3.8) is 0 Å². The monoisotopic (exact) mass is 324 g/mol. The summed E-state index contributed by atoms with van der Waals surface area (Å²) in [6, 6.07) is 4.05. The van der Waals surface area contributed by atoms with Gasteiger partial charge in [-0.15, -0.1) is 0 Å². The van der Waals surface area contributed by atoms with Crippen LogP contribution < -0.4 is 10.6 Å². The van der Waals surface area contributed by atoms with E-state index in [0.717, 1.165) is 12.8 Å². The van der Waals surface area contributed by atoms with Crippen molar-refractivity contribution in [2.45, 2.75) is 64.3 Å². The Balaban J connectivity index is 1.77. The Hall–Kier alpha value is -1.82. The lowest BCUT2D eigenvalue weighted by Crippen LogP contribution is -2.53. The largest absolute Gasteiger partial charge is 0.508 e. The van der Waals surface area contributed by atoms with Crippen LogP contribution in [0, 0.1) is 5.82 Å². The van der Waals surface area contributed by atoms with Crippen molar-refractivity contribution < 1.29 is 19.0 Å². The highest BCUT2D eigenvalue weighted by Crippen LogP contribution is 2.28. The lowest BCUT2D eigenvalue weighted by molar-refractivity contribution is 0.0463. The zero-order chi connectivity index (χ0) is 17.2. The van der Waals surface area contributed by atoms with Crippen molar-refractivity contribution >= 4 is 6.09 Å². The molecule has 1 fully saturated rings. The predicted octanol–water partition coefficient (Wildman–Crippen LogP) is 3.24. The number of phenols is 1. The molecule has 1 saturated carbocycles. The molecule has 2 rings (SSSR count). The molecule has 6 heteroatoms. The number of amides is 1. The molecule has 128 valence electrons. The second-order valence-corrected chi connectivity index (χ2v) is 7.10. The van der Waals surface area contributed by atoms with Crippen LogP contribution in [0.5, 0.6) is 5.75 Å². The minimum atomic E-state index is -0.505. The summed E-state index contributed by atoms with van der Waals surface area (Å²) >= 11 is 0. The maximum Gasteiger partial charge on any atom is 0.407 e. The van der Waals surface area contributed by atoms with Crippen molar-refractivity contribution in [1.82, 2.24) is 10.6 Å². The molecule has 1 aliphatic carbocycles. The van der Waals surface area contributed by atoms with Gasteiger partial charge in [-0.05, 0) is 58.7 Å². The summed E-state index contributed by atoms with van der Waals surface area (Å²) in [6.45, 7) is 7.35. The van der Waals surface area contributed by atoms with Gasteiger partial charge in [-0.1, -0.05) is 0 Å². The Kier molecular flexibility index (Phi) is 5.14. The number of aromatic hydroxyl groups is 1. The topological polar surface area (TPSA) is 70.6 Å². The number of hydrogen-bond donors (Lipinski definition) is 3. The van der Waals surface area contributed by atoms with Gasteiger partial charge in [0, 0.05) is 23.7 Å². The van der Waals surface area contributed by atoms with Crippen molar-refractivity contribution in [3.05, 3.63) is 29.6 Å². The maximum absolute atomic E-state index is 13.3. The van der Waals surface area contributed by atoms with E-state index in [1.807, 2.05) is 27.7 Å². The first kappa shape index (κ1) is 17.5. The lowest BCUT2D eigenvalue weighted by atomic mass is 9.86. The second-order valence-electron chi connectivity index (χ2n) is 7.10. The number of carbonyl (C=O) groups is 1. The van der Waals surface area contributed by atoms with Crippen LogP contribution in [0.3, 0.4) is 0 Å². The first-order valence-corrected chi connectivity index (χ1v) is 7.88. The Morgan fingerprint density at radius 3 is 2.61 bits per heavy atom. The highest BCUT2D eigenvalue weighted by atomic mass is 19.1. The molecule has 1 amide bonds. The lowest BCUT2D eigenvalue weighted by Gasteiger charge is -2.38. The Bertz CT molecular complexity index is 565. The SMILES string of the molecule is CC(NC1CC(NC(=O)OC(C)(C)C)C1)c1cc(F)ccc1O. The predicted molar refractivity (Wildman–Crippen MR) is 85.8 cm³/mol. The van der Waals surface area contributed by atoms with E-state index in [2.05, 4.69) is 10.6 Å². The molecule has 0 radical (unpaired) electrons. The average Bonchev–Trinajstić information content (AvgIpc) is 2.36. The van der Waals surface area contributed by atoms with E-state index in [-0.39, 0.29) is 29.7 Å². The number of carbonyl (C=O) groups excluding carboxylic acids is 1. The van der Waals surface area contributed by atoms with Gasteiger partial charge in [-0.25, -0.2) is 9.18 Å². The number of hydrogen-bond acceptors (Lipinski definition) is 4. The van der Waals surface area contributed by atoms with Crippen LogP contribution in [0.25, 0.3) is 0 Å². The van der Waals surface area contributed by atoms with Crippen LogP contribution in [-0.2, 0) is 4.74 Å². The van der Waals surface area contributed by atoms with Crippen molar-refractivity contribution in [1.29, 1.82) is 0 Å². The molecule has 0 spiro atoms. The fourth-order valence-corrected chi connectivity index (χ4v) is 2.66. The number of rotatable bonds is 4. The van der Waals surface area contributed by atoms with Crippen LogP contribution >= 0.6 is 0 Å². The number of benzene rings is 1. The van der Waals surface area contributed by atoms with Gasteiger partial charge >= 0.3 is 6.09 Å². The Morgan fingerprint density at radius 2 is 2.00 bits per heavy atom. The molecular weight excluding hydrogens is 299 g/mol. The third-order valence-electron chi connectivity index (χ3n) is 3.80. The van der Waals surface area contributed by atoms with E-state index in [4.69, 9.17) is 4.74 Å². The standard InChI is InChI=1S/C17H25FN2O3/c1-10(14-7-11(18)5-6-15(14)21)19-12-8-13(9-12)20-16(22)23-17(2,3)4/h5-7,10,12-13,19,21H,8-9H2,1-4H3,(H,20,22). The van der Waals surface area contributed by atoms with E-state index in [1.165, 1.54) is 18.2 Å². The molecule has 0 aliphatic heterocycles. The molecule has 1 aromatic rings. The van der Waals surface area contributed by atoms with E-state index in [0.29, 0.717) is 5.56 Å². The molecule has 1 aliphatic rings. The van der Waals surface area contributed by atoms with Crippen LogP contribution in [0.4, 0.5) is 9.18 Å². The molecule has 1 aromatic carbocycles. The van der Waals surface area contributed by atoms with Crippen molar-refractivity contribution in [2.75, 3.05) is 0 Å². The molecule has 0 aromatic heterocycles. The van der Waals surface area contributed by atoms with E-state index >= 15 is 0 Å². The second kappa shape index (κ2) is 6.74. The van der Waals surface area contributed by atoms with Crippen LogP contribution in [-0.4, -0.2) is 28.9 Å². The summed E-state index contributed by atoms with van der Waals surface area (Å²) in [4.78, 5) is 11.7. The molecule has 1 atom stereocenters. The fourth-order valence-electron chi connectivity index (χ4n) is 2.66. The van der Waals surface area contributed by atoms with E-state index in [1.54, 1.807) is 0 Å². The first-order valence-electron chi connectivity index (χ1n) is 7.88. The zero-order valence-electron chi connectivity index (χ0n) is 14.0. The molecule has 0 bridgehead atoms. The molecule has 0 heterocycles. The van der Waals surface area contributed by atoms with Gasteiger partial charge in [-0.3, -0.25) is 0 Å². The summed E-state index contributed by atoms with van der Waals surface area (Å²) in [5.41, 5.74) is 0.0306. The minimum absolute atomic E-state index is 0.0779. The zero-order valence-corrected chi connectivity index (χ0v) is 14.0. The maximum atomic E-state index is 13.3. The molecule has 23 heavy (non-hydrogen) atoms. The summed E-state index contributed by atoms with van der Waals surface area (Å²) in [7, 11) is 0. The summed E-state index contributed by atoms with van der Waals surface area (Å²) in [5.74, 6) is -0.293. The minimum Gasteiger partial charge on any atom is -0.508 e. The Labute approximate surface area is 136 Å². The molecular formula is C17H25FN2O3. The van der Waals surface area contributed by atoms with Gasteiger partial charge < -0.3 is 20.5 Å². The molecule has 1 unspecified atom stereocenters. The first-order chi connectivity index (χ1) is 10.6. The number of nitrogens with one attached hydrogen (secondary N) is 2. The van der Waals surface area contributed by atoms with Crippen LogP contribution in [0.1, 0.15) is 52.1 Å². The van der Waals surface area contributed by atoms with E-state index < -0.39 is 11.7 Å². The van der Waals surface area contributed by atoms with E-state index in [9.17, 15) is 14.3 Å². The van der Waals surface area contributed by atoms with Crippen LogP contribution in [0.2, 0.25) is 0 Å². The molecule has 3 N–H and O–H groups in total. The van der Waals surface area contributed by atoms with Crippen molar-refractivity contribution in [3.8, 4) is 5.75 Å². The third kappa shape index (κ3) is 5.10. The number of alkyl carbamates (subject to hydrolysis) is 1. The fraction of sp³-hybridized carbons (Fsp3) is 0.588. The van der Waals surface area contributed by atoms with Gasteiger partial charge in [0.25, 0.3) is 0 Å². The average molecular weight is 324 g/mol. The highest BCUT2D eigenvalue weighted by Gasteiger charge is 2.32. The van der Waals surface area contributed by atoms with Crippen LogP contribution in [0.15, 0.2) is 18.2 Å². The van der Waals surface area contributed by atoms with Gasteiger partial charge in [0.15, 0.2) is 0 Å². The van der Waals surface area contributed by atoms with Gasteiger partial charge in [0.1, 0.15) is 17.2 Å². The quantitative estimate of drug-likeness (QED) is 0.795. The van der Waals surface area contributed by atoms with Crippen molar-refractivity contribution in [2.24, 2.45) is 0 Å². The number of phenolic OH excluding ortho intramolecular Hbond substituents is 1. The molecule has 0 saturated heterocycles. The van der Waals surface area contributed by atoms with Gasteiger partial charge in [0.2, 0.25) is 0 Å². The summed E-state index contributed by atoms with van der Waals surface area (Å²) in [6.07, 6.45) is 1.15. The van der Waals surface area contributed by atoms with Gasteiger partial charge in [-0.2, -0.15) is 0 Å². The highest BCUT2D eigenvalue weighted by molar-refractivity contribution is 5.68. The number of ether oxygens (including phenoxy) is 1. The summed E-state index contributed by atoms with van der Waals surface area (Å²) < 4.78 is 18.5. The van der Waals surface area contributed by atoms with Gasteiger partial charge in [0.05, 0.1) is 0 Å². The smallest absolute Gasteiger partial charge is 0.407 e. The molecule has 5 nitrogen and oxygen atoms in total.